The van der Waals surface area contributed by atoms with Crippen LogP contribution in [0.2, 0.25) is 0 Å². The number of halogens is 1. The number of nitro benzene ring substituents is 1. The van der Waals surface area contributed by atoms with Crippen LogP contribution in [0.4, 0.5) is 5.69 Å². The molecule has 1 heterocycles. The average molecular weight is 482 g/mol. The molecule has 1 saturated carbocycles. The van der Waals surface area contributed by atoms with Gasteiger partial charge in [-0.25, -0.2) is 4.98 Å². The van der Waals surface area contributed by atoms with Gasteiger partial charge in [-0.15, -0.1) is 17.0 Å². The Morgan fingerprint density at radius 3 is 2.69 bits per heavy atom. The molecule has 0 spiro atoms. The number of benzene rings is 1. The van der Waals surface area contributed by atoms with Crippen LogP contribution in [0.5, 0.6) is 0 Å². The molecular weight excluding hydrogens is 454 g/mol. The highest BCUT2D eigenvalue weighted by molar-refractivity contribution is 8.93. The summed E-state index contributed by atoms with van der Waals surface area (Å²) < 4.78 is 0. The summed E-state index contributed by atoms with van der Waals surface area (Å²) in [5, 5.41) is 15.4. The molecule has 1 aliphatic carbocycles. The largest absolute Gasteiger partial charge is 0.362 e. The van der Waals surface area contributed by atoms with Gasteiger partial charge in [0.05, 0.1) is 17.8 Å². The molecule has 0 radical (unpaired) electrons. The standard InChI is InChI=1S/C20H27N5O2S.BrH/c26-25(27)19-10-8-16(9-11-19)13-22-20(24-17-5-2-1-3-6-17)28-12-4-7-18-14-21-15-23-18;/h8-11,14-15,17H,1-7,12-13H2,(H,21,23)(H,22,24);1H. The first kappa shape index (κ1) is 23.4. The number of amidine groups is 1. The number of aliphatic imine (C=N–C) groups is 1. The number of aromatic amines is 1. The summed E-state index contributed by atoms with van der Waals surface area (Å²) in [5.41, 5.74) is 2.25. The van der Waals surface area contributed by atoms with Gasteiger partial charge in [0.2, 0.25) is 0 Å². The third-order valence-corrected chi connectivity index (χ3v) is 5.88. The van der Waals surface area contributed by atoms with Crippen molar-refractivity contribution in [2.45, 2.75) is 57.5 Å². The van der Waals surface area contributed by atoms with Crippen LogP contribution in [0.15, 0.2) is 41.8 Å². The zero-order valence-electron chi connectivity index (χ0n) is 16.4. The number of rotatable bonds is 8. The fourth-order valence-corrected chi connectivity index (χ4v) is 4.18. The van der Waals surface area contributed by atoms with Crippen LogP contribution in [-0.4, -0.2) is 31.9 Å². The van der Waals surface area contributed by atoms with Gasteiger partial charge in [-0.3, -0.25) is 15.1 Å². The lowest BCUT2D eigenvalue weighted by Gasteiger charge is -2.24. The van der Waals surface area contributed by atoms with Crippen molar-refractivity contribution in [2.24, 2.45) is 4.99 Å². The summed E-state index contributed by atoms with van der Waals surface area (Å²) in [4.78, 5) is 22.4. The van der Waals surface area contributed by atoms with Crippen LogP contribution >= 0.6 is 28.7 Å². The minimum atomic E-state index is -0.376. The number of hydrogen-bond acceptors (Lipinski definition) is 5. The average Bonchev–Trinajstić information content (AvgIpc) is 3.24. The Balaban J connectivity index is 0.00000300. The van der Waals surface area contributed by atoms with Crippen molar-refractivity contribution in [3.8, 4) is 0 Å². The lowest BCUT2D eigenvalue weighted by Crippen LogP contribution is -2.35. The van der Waals surface area contributed by atoms with E-state index >= 15 is 0 Å². The highest BCUT2D eigenvalue weighted by Gasteiger charge is 2.15. The molecule has 2 aromatic rings. The molecule has 29 heavy (non-hydrogen) atoms. The number of nitrogens with one attached hydrogen (secondary N) is 2. The van der Waals surface area contributed by atoms with E-state index < -0.39 is 0 Å². The number of hydrogen-bond donors (Lipinski definition) is 2. The highest BCUT2D eigenvalue weighted by atomic mass is 79.9. The van der Waals surface area contributed by atoms with Crippen molar-refractivity contribution >= 4 is 39.6 Å². The Morgan fingerprint density at radius 2 is 2.03 bits per heavy atom. The lowest BCUT2D eigenvalue weighted by molar-refractivity contribution is -0.384. The van der Waals surface area contributed by atoms with E-state index in [-0.39, 0.29) is 27.6 Å². The van der Waals surface area contributed by atoms with Gasteiger partial charge in [-0.1, -0.05) is 43.2 Å². The molecule has 0 aliphatic heterocycles. The molecule has 2 N–H and O–H groups in total. The number of H-pyrrole nitrogens is 1. The molecule has 0 amide bonds. The van der Waals surface area contributed by atoms with Crippen molar-refractivity contribution < 1.29 is 4.92 Å². The van der Waals surface area contributed by atoms with E-state index in [9.17, 15) is 10.1 Å². The lowest BCUT2D eigenvalue weighted by atomic mass is 9.96. The molecule has 0 bridgehead atoms. The minimum absolute atomic E-state index is 0. The number of imidazole rings is 1. The topological polar surface area (TPSA) is 96.2 Å². The maximum atomic E-state index is 10.8. The SMILES string of the molecule is Br.O=[N+]([O-])c1ccc(CN=C(NC2CCCCC2)SCCCc2cnc[nH]2)cc1. The monoisotopic (exact) mass is 481 g/mol. The number of aromatic nitrogens is 2. The Bertz CT molecular complexity index is 762. The van der Waals surface area contributed by atoms with Crippen LogP contribution in [0.1, 0.15) is 49.8 Å². The van der Waals surface area contributed by atoms with Crippen molar-refractivity contribution in [3.05, 3.63) is 58.2 Å². The summed E-state index contributed by atoms with van der Waals surface area (Å²) >= 11 is 1.76. The Hall–Kier alpha value is -1.87. The molecule has 0 unspecified atom stereocenters. The number of nitrogens with zero attached hydrogens (tertiary/aromatic N) is 3. The van der Waals surface area contributed by atoms with Crippen LogP contribution in [0, 0.1) is 10.1 Å². The van der Waals surface area contributed by atoms with Gasteiger partial charge in [0.15, 0.2) is 5.17 Å². The Morgan fingerprint density at radius 1 is 1.28 bits per heavy atom. The van der Waals surface area contributed by atoms with Crippen LogP contribution < -0.4 is 5.32 Å². The molecule has 3 rings (SSSR count). The first-order valence-electron chi connectivity index (χ1n) is 9.85. The van der Waals surface area contributed by atoms with Crippen molar-refractivity contribution in [2.75, 3.05) is 5.75 Å². The molecule has 158 valence electrons. The smallest absolute Gasteiger partial charge is 0.269 e. The predicted molar refractivity (Wildman–Crippen MR) is 124 cm³/mol. The molecule has 7 nitrogen and oxygen atoms in total. The second-order valence-electron chi connectivity index (χ2n) is 7.05. The molecule has 1 aromatic carbocycles. The number of thioether (sulfide) groups is 1. The molecule has 1 fully saturated rings. The minimum Gasteiger partial charge on any atom is -0.362 e. The Kier molecular flexibility index (Phi) is 10.2. The fraction of sp³-hybridized carbons (Fsp3) is 0.500. The quantitative estimate of drug-likeness (QED) is 0.181. The van der Waals surface area contributed by atoms with Crippen LogP contribution in [0.25, 0.3) is 0 Å². The van der Waals surface area contributed by atoms with Gasteiger partial charge >= 0.3 is 0 Å². The summed E-state index contributed by atoms with van der Waals surface area (Å²) in [6.07, 6.45) is 11.9. The zero-order valence-corrected chi connectivity index (χ0v) is 18.9. The van der Waals surface area contributed by atoms with E-state index in [0.29, 0.717) is 12.6 Å². The van der Waals surface area contributed by atoms with Crippen molar-refractivity contribution in [1.29, 1.82) is 0 Å². The molecule has 0 saturated heterocycles. The van der Waals surface area contributed by atoms with Gasteiger partial charge in [-0.2, -0.15) is 0 Å². The summed E-state index contributed by atoms with van der Waals surface area (Å²) in [6, 6.07) is 7.14. The summed E-state index contributed by atoms with van der Waals surface area (Å²) in [6.45, 7) is 0.528. The fourth-order valence-electron chi connectivity index (χ4n) is 3.29. The van der Waals surface area contributed by atoms with Gasteiger partial charge in [0.1, 0.15) is 0 Å². The predicted octanol–water partition coefficient (Wildman–Crippen LogP) is 5.04. The maximum absolute atomic E-state index is 10.8. The van der Waals surface area contributed by atoms with Crippen LogP contribution in [-0.2, 0) is 13.0 Å². The number of aryl methyl sites for hydroxylation is 1. The van der Waals surface area contributed by atoms with E-state index in [1.54, 1.807) is 30.2 Å². The summed E-state index contributed by atoms with van der Waals surface area (Å²) in [7, 11) is 0. The third kappa shape index (κ3) is 8.18. The van der Waals surface area contributed by atoms with Crippen molar-refractivity contribution in [3.63, 3.8) is 0 Å². The molecule has 1 aliphatic rings. The third-order valence-electron chi connectivity index (χ3n) is 4.87. The summed E-state index contributed by atoms with van der Waals surface area (Å²) in [5.74, 6) is 0.984. The van der Waals surface area contributed by atoms with Gasteiger partial charge in [-0.05, 0) is 31.2 Å². The first-order valence-corrected chi connectivity index (χ1v) is 10.8. The molecule has 0 atom stereocenters. The number of non-ortho nitro benzene ring substituents is 1. The van der Waals surface area contributed by atoms with Crippen LogP contribution in [0.3, 0.4) is 0 Å². The Labute approximate surface area is 186 Å². The van der Waals surface area contributed by atoms with Gasteiger partial charge in [0, 0.05) is 35.8 Å². The maximum Gasteiger partial charge on any atom is 0.269 e. The van der Waals surface area contributed by atoms with E-state index in [1.165, 1.54) is 44.2 Å². The van der Waals surface area contributed by atoms with E-state index in [2.05, 4.69) is 15.3 Å². The molecule has 1 aromatic heterocycles. The second-order valence-corrected chi connectivity index (χ2v) is 8.14. The van der Waals surface area contributed by atoms with E-state index in [1.807, 2.05) is 6.20 Å². The van der Waals surface area contributed by atoms with Crippen molar-refractivity contribution in [1.82, 2.24) is 15.3 Å². The first-order chi connectivity index (χ1) is 13.7. The normalized spacial score (nSPS) is 15.0. The molecular formula is C20H28BrN5O2S. The van der Waals surface area contributed by atoms with Gasteiger partial charge < -0.3 is 10.3 Å². The molecule has 9 heteroatoms. The number of nitro groups is 1. The second kappa shape index (κ2) is 12.6. The van der Waals surface area contributed by atoms with E-state index in [0.717, 1.165) is 35.0 Å². The highest BCUT2D eigenvalue weighted by Crippen LogP contribution is 2.19. The zero-order chi connectivity index (χ0) is 19.6. The van der Waals surface area contributed by atoms with Gasteiger partial charge in [0.25, 0.3) is 5.69 Å². The van der Waals surface area contributed by atoms with E-state index in [4.69, 9.17) is 4.99 Å².